The van der Waals surface area contributed by atoms with Crippen molar-refractivity contribution in [1.29, 1.82) is 5.26 Å². The molecule has 0 aromatic rings. The highest BCUT2D eigenvalue weighted by atomic mass is 16.5. The van der Waals surface area contributed by atoms with E-state index in [0.29, 0.717) is 5.92 Å². The maximum absolute atomic E-state index is 10.5. The molecule has 3 heteroatoms. The number of nitrogens with zero attached hydrogens (tertiary/aromatic N) is 1. The molecule has 1 saturated carbocycles. The first-order valence-corrected chi connectivity index (χ1v) is 6.35. The molecule has 90 valence electrons. The summed E-state index contributed by atoms with van der Waals surface area (Å²) in [4.78, 5) is 0. The summed E-state index contributed by atoms with van der Waals surface area (Å²) in [6.07, 6.45) is 4.16. The molecule has 0 radical (unpaired) electrons. The summed E-state index contributed by atoms with van der Waals surface area (Å²) in [5.41, 5.74) is -0.471. The number of hydrogen-bond acceptors (Lipinski definition) is 3. The van der Waals surface area contributed by atoms with E-state index in [1.807, 2.05) is 0 Å². The molecule has 1 aliphatic carbocycles. The van der Waals surface area contributed by atoms with Gasteiger partial charge in [0.25, 0.3) is 0 Å². The van der Waals surface area contributed by atoms with Crippen LogP contribution in [0.15, 0.2) is 0 Å². The van der Waals surface area contributed by atoms with Crippen molar-refractivity contribution in [1.82, 2.24) is 0 Å². The molecule has 1 saturated heterocycles. The van der Waals surface area contributed by atoms with Crippen LogP contribution >= 0.6 is 0 Å². The van der Waals surface area contributed by atoms with Crippen molar-refractivity contribution in [3.8, 4) is 6.07 Å². The lowest BCUT2D eigenvalue weighted by Crippen LogP contribution is -2.40. The smallest absolute Gasteiger partial charge is 0.0837 e. The van der Waals surface area contributed by atoms with E-state index in [1.54, 1.807) is 0 Å². The number of aliphatic hydroxyl groups excluding tert-OH is 1. The normalized spacial score (nSPS) is 38.2. The highest BCUT2D eigenvalue weighted by molar-refractivity contribution is 5.09. The van der Waals surface area contributed by atoms with Crippen molar-refractivity contribution in [2.24, 2.45) is 17.3 Å². The van der Waals surface area contributed by atoms with Crippen LogP contribution < -0.4 is 0 Å². The summed E-state index contributed by atoms with van der Waals surface area (Å²) in [6, 6.07) is 2.41. The third-order valence-electron chi connectivity index (χ3n) is 4.30. The molecule has 0 amide bonds. The third-order valence-corrected chi connectivity index (χ3v) is 4.30. The molecule has 1 aliphatic heterocycles. The predicted octanol–water partition coefficient (Wildman–Crippen LogP) is 2.10. The quantitative estimate of drug-likeness (QED) is 0.780. The van der Waals surface area contributed by atoms with Crippen LogP contribution in [0.5, 0.6) is 0 Å². The van der Waals surface area contributed by atoms with Gasteiger partial charge in [-0.05, 0) is 43.9 Å². The molecule has 0 aromatic carbocycles. The molecular weight excluding hydrogens is 202 g/mol. The average Bonchev–Trinajstić information content (AvgIpc) is 2.72. The molecule has 0 bridgehead atoms. The van der Waals surface area contributed by atoms with Gasteiger partial charge in [-0.25, -0.2) is 0 Å². The fraction of sp³-hybridized carbons (Fsp3) is 0.923. The Kier molecular flexibility index (Phi) is 3.51. The van der Waals surface area contributed by atoms with Crippen molar-refractivity contribution < 1.29 is 9.84 Å². The molecule has 1 N–H and O–H groups in total. The van der Waals surface area contributed by atoms with E-state index >= 15 is 0 Å². The van der Waals surface area contributed by atoms with Crippen molar-refractivity contribution in [3.63, 3.8) is 0 Å². The average molecular weight is 223 g/mol. The van der Waals surface area contributed by atoms with Gasteiger partial charge in [0, 0.05) is 13.2 Å². The van der Waals surface area contributed by atoms with E-state index in [0.717, 1.165) is 45.3 Å². The fourth-order valence-corrected chi connectivity index (χ4v) is 3.25. The van der Waals surface area contributed by atoms with Gasteiger partial charge in [0.2, 0.25) is 0 Å². The lowest BCUT2D eigenvalue weighted by Gasteiger charge is -2.35. The van der Waals surface area contributed by atoms with E-state index in [-0.39, 0.29) is 5.92 Å². The summed E-state index contributed by atoms with van der Waals surface area (Å²) < 4.78 is 5.31. The fourth-order valence-electron chi connectivity index (χ4n) is 3.25. The van der Waals surface area contributed by atoms with E-state index in [9.17, 15) is 10.4 Å². The minimum atomic E-state index is -0.471. The first-order valence-electron chi connectivity index (χ1n) is 6.35. The van der Waals surface area contributed by atoms with Gasteiger partial charge in [0.1, 0.15) is 0 Å². The van der Waals surface area contributed by atoms with Gasteiger partial charge < -0.3 is 9.84 Å². The monoisotopic (exact) mass is 223 g/mol. The van der Waals surface area contributed by atoms with Gasteiger partial charge in [-0.1, -0.05) is 6.92 Å². The molecule has 3 nitrogen and oxygen atoms in total. The van der Waals surface area contributed by atoms with Crippen molar-refractivity contribution in [2.45, 2.75) is 45.1 Å². The summed E-state index contributed by atoms with van der Waals surface area (Å²) in [5, 5.41) is 19.9. The number of aliphatic hydroxyl groups is 1. The van der Waals surface area contributed by atoms with Gasteiger partial charge in [0.15, 0.2) is 0 Å². The van der Waals surface area contributed by atoms with Gasteiger partial charge in [-0.15, -0.1) is 0 Å². The Morgan fingerprint density at radius 3 is 2.56 bits per heavy atom. The third kappa shape index (κ3) is 2.09. The minimum absolute atomic E-state index is 0.263. The zero-order chi connectivity index (χ0) is 11.6. The second-order valence-electron chi connectivity index (χ2n) is 5.51. The first kappa shape index (κ1) is 11.9. The molecule has 16 heavy (non-hydrogen) atoms. The zero-order valence-corrected chi connectivity index (χ0v) is 9.98. The van der Waals surface area contributed by atoms with Crippen LogP contribution in [0.1, 0.15) is 39.0 Å². The Hall–Kier alpha value is -0.590. The second kappa shape index (κ2) is 4.73. The molecular formula is C13H21NO2. The molecule has 3 unspecified atom stereocenters. The molecule has 1 heterocycles. The Labute approximate surface area is 97.4 Å². The highest BCUT2D eigenvalue weighted by Gasteiger charge is 2.46. The van der Waals surface area contributed by atoms with Crippen LogP contribution in [-0.2, 0) is 4.74 Å². The van der Waals surface area contributed by atoms with Gasteiger partial charge in [0.05, 0.1) is 17.6 Å². The second-order valence-corrected chi connectivity index (χ2v) is 5.51. The van der Waals surface area contributed by atoms with E-state index in [4.69, 9.17) is 4.74 Å². The number of ether oxygens (including phenoxy) is 1. The minimum Gasteiger partial charge on any atom is -0.391 e. The van der Waals surface area contributed by atoms with Gasteiger partial charge in [-0.2, -0.15) is 5.26 Å². The number of hydrogen-bond donors (Lipinski definition) is 1. The maximum Gasteiger partial charge on any atom is 0.0837 e. The van der Waals surface area contributed by atoms with Crippen molar-refractivity contribution in [3.05, 3.63) is 0 Å². The molecule has 3 atom stereocenters. The molecule has 2 rings (SSSR count). The van der Waals surface area contributed by atoms with E-state index in [1.165, 1.54) is 0 Å². The van der Waals surface area contributed by atoms with Crippen LogP contribution in [0, 0.1) is 28.6 Å². The lowest BCUT2D eigenvalue weighted by molar-refractivity contribution is -0.0374. The maximum atomic E-state index is 10.5. The summed E-state index contributed by atoms with van der Waals surface area (Å²) >= 11 is 0. The highest BCUT2D eigenvalue weighted by Crippen LogP contribution is 2.46. The Bertz CT molecular complexity index is 280. The summed E-state index contributed by atoms with van der Waals surface area (Å²) in [7, 11) is 0. The molecule has 2 fully saturated rings. The van der Waals surface area contributed by atoms with Crippen LogP contribution in [-0.4, -0.2) is 24.4 Å². The Balaban J connectivity index is 2.06. The molecule has 0 aromatic heterocycles. The summed E-state index contributed by atoms with van der Waals surface area (Å²) in [6.45, 7) is 3.65. The van der Waals surface area contributed by atoms with Gasteiger partial charge >= 0.3 is 0 Å². The first-order chi connectivity index (χ1) is 7.68. The van der Waals surface area contributed by atoms with E-state index < -0.39 is 11.5 Å². The topological polar surface area (TPSA) is 53.2 Å². The molecule has 0 spiro atoms. The number of nitriles is 1. The zero-order valence-electron chi connectivity index (χ0n) is 9.98. The van der Waals surface area contributed by atoms with E-state index in [2.05, 4.69) is 13.0 Å². The number of rotatable bonds is 2. The largest absolute Gasteiger partial charge is 0.391 e. The van der Waals surface area contributed by atoms with Crippen molar-refractivity contribution >= 4 is 0 Å². The standard InChI is InChI=1S/C13H21NO2/c1-10-2-5-13(8-10,9-14)12(15)11-3-6-16-7-4-11/h10-12,15H,2-8H2,1H3. The van der Waals surface area contributed by atoms with Crippen LogP contribution in [0.25, 0.3) is 0 Å². The Morgan fingerprint density at radius 2 is 2.06 bits per heavy atom. The summed E-state index contributed by atoms with van der Waals surface area (Å²) in [5.74, 6) is 0.841. The van der Waals surface area contributed by atoms with Crippen molar-refractivity contribution in [2.75, 3.05) is 13.2 Å². The van der Waals surface area contributed by atoms with Crippen LogP contribution in [0.3, 0.4) is 0 Å². The van der Waals surface area contributed by atoms with Gasteiger partial charge in [-0.3, -0.25) is 0 Å². The van der Waals surface area contributed by atoms with Crippen LogP contribution in [0.4, 0.5) is 0 Å². The molecule has 2 aliphatic rings. The Morgan fingerprint density at radius 1 is 1.38 bits per heavy atom. The predicted molar refractivity (Wildman–Crippen MR) is 60.6 cm³/mol. The lowest BCUT2D eigenvalue weighted by atomic mass is 9.73. The SMILES string of the molecule is CC1CCC(C#N)(C(O)C2CCOCC2)C1. The van der Waals surface area contributed by atoms with Crippen LogP contribution in [0.2, 0.25) is 0 Å².